The van der Waals surface area contributed by atoms with Crippen molar-refractivity contribution in [2.45, 2.75) is 39.0 Å². The Morgan fingerprint density at radius 1 is 1.36 bits per heavy atom. The maximum absolute atomic E-state index is 5.25. The molecule has 0 radical (unpaired) electrons. The van der Waals surface area contributed by atoms with Gasteiger partial charge in [0.15, 0.2) is 0 Å². The van der Waals surface area contributed by atoms with Crippen LogP contribution >= 0.6 is 0 Å². The number of aromatic nitrogens is 1. The van der Waals surface area contributed by atoms with Crippen molar-refractivity contribution in [2.24, 2.45) is 0 Å². The molecular weight excluding hydrogens is 138 g/mol. The summed E-state index contributed by atoms with van der Waals surface area (Å²) in [4.78, 5) is 0. The average molecular weight is 151 g/mol. The van der Waals surface area contributed by atoms with E-state index >= 15 is 0 Å². The van der Waals surface area contributed by atoms with E-state index in [9.17, 15) is 0 Å². The van der Waals surface area contributed by atoms with Gasteiger partial charge in [0.25, 0.3) is 0 Å². The van der Waals surface area contributed by atoms with E-state index in [1.54, 1.807) is 0 Å². The van der Waals surface area contributed by atoms with Crippen LogP contribution in [0.4, 0.5) is 0 Å². The summed E-state index contributed by atoms with van der Waals surface area (Å²) in [6.07, 6.45) is 3.93. The second kappa shape index (κ2) is 2.36. The molecule has 0 N–H and O–H groups in total. The van der Waals surface area contributed by atoms with Crippen LogP contribution < -0.4 is 0 Å². The standard InChI is InChI=1S/C9H13NO/c1-6-7(2)10-11-9(6)8-4-3-5-8/h8H,3-5H2,1-2H3. The van der Waals surface area contributed by atoms with E-state index in [4.69, 9.17) is 4.52 Å². The molecule has 1 fully saturated rings. The lowest BCUT2D eigenvalue weighted by Gasteiger charge is -2.22. The molecule has 0 atom stereocenters. The zero-order valence-electron chi connectivity index (χ0n) is 7.05. The number of rotatable bonds is 1. The molecule has 2 nitrogen and oxygen atoms in total. The van der Waals surface area contributed by atoms with E-state index in [-0.39, 0.29) is 0 Å². The highest BCUT2D eigenvalue weighted by molar-refractivity contribution is 5.23. The molecule has 0 aromatic carbocycles. The van der Waals surface area contributed by atoms with E-state index in [1.807, 2.05) is 6.92 Å². The summed E-state index contributed by atoms with van der Waals surface area (Å²) in [5, 5.41) is 3.94. The first-order valence-corrected chi connectivity index (χ1v) is 4.22. The number of hydrogen-bond acceptors (Lipinski definition) is 2. The van der Waals surface area contributed by atoms with Crippen LogP contribution in [-0.2, 0) is 0 Å². The van der Waals surface area contributed by atoms with Gasteiger partial charge in [-0.3, -0.25) is 0 Å². The largest absolute Gasteiger partial charge is 0.361 e. The molecule has 1 aromatic rings. The smallest absolute Gasteiger partial charge is 0.142 e. The van der Waals surface area contributed by atoms with E-state index in [0.29, 0.717) is 5.92 Å². The van der Waals surface area contributed by atoms with Crippen LogP contribution in [0.25, 0.3) is 0 Å². The topological polar surface area (TPSA) is 26.0 Å². The van der Waals surface area contributed by atoms with Crippen LogP contribution in [0.1, 0.15) is 42.2 Å². The van der Waals surface area contributed by atoms with E-state index in [0.717, 1.165) is 11.5 Å². The number of nitrogens with zero attached hydrogens (tertiary/aromatic N) is 1. The lowest BCUT2D eigenvalue weighted by Crippen LogP contribution is -2.08. The second-order valence-electron chi connectivity index (χ2n) is 3.39. The highest BCUT2D eigenvalue weighted by atomic mass is 16.5. The number of aryl methyl sites for hydroxylation is 1. The SMILES string of the molecule is Cc1noc(C2CCC2)c1C. The van der Waals surface area contributed by atoms with Crippen molar-refractivity contribution >= 4 is 0 Å². The lowest BCUT2D eigenvalue weighted by molar-refractivity contribution is 0.298. The van der Waals surface area contributed by atoms with Gasteiger partial charge in [-0.05, 0) is 26.7 Å². The third-order valence-corrected chi connectivity index (χ3v) is 2.67. The van der Waals surface area contributed by atoms with Gasteiger partial charge in [-0.15, -0.1) is 0 Å². The van der Waals surface area contributed by atoms with Crippen molar-refractivity contribution < 1.29 is 4.52 Å². The Hall–Kier alpha value is -0.790. The Morgan fingerprint density at radius 2 is 2.09 bits per heavy atom. The number of hydrogen-bond donors (Lipinski definition) is 0. The van der Waals surface area contributed by atoms with Gasteiger partial charge in [-0.25, -0.2) is 0 Å². The maximum Gasteiger partial charge on any atom is 0.142 e. The van der Waals surface area contributed by atoms with Crippen LogP contribution in [0.2, 0.25) is 0 Å². The van der Waals surface area contributed by atoms with Crippen molar-refractivity contribution in [2.75, 3.05) is 0 Å². The fourth-order valence-corrected chi connectivity index (χ4v) is 1.48. The molecule has 0 amide bonds. The maximum atomic E-state index is 5.25. The third kappa shape index (κ3) is 0.971. The summed E-state index contributed by atoms with van der Waals surface area (Å²) in [5.41, 5.74) is 2.31. The van der Waals surface area contributed by atoms with Crippen molar-refractivity contribution in [1.82, 2.24) is 5.16 Å². The molecule has 1 aliphatic carbocycles. The Kier molecular flexibility index (Phi) is 1.48. The molecule has 1 heterocycles. The summed E-state index contributed by atoms with van der Waals surface area (Å²) < 4.78 is 5.25. The summed E-state index contributed by atoms with van der Waals surface area (Å²) in [7, 11) is 0. The van der Waals surface area contributed by atoms with E-state index in [2.05, 4.69) is 12.1 Å². The molecule has 0 spiro atoms. The van der Waals surface area contributed by atoms with Crippen molar-refractivity contribution in [3.63, 3.8) is 0 Å². The Morgan fingerprint density at radius 3 is 2.45 bits per heavy atom. The van der Waals surface area contributed by atoms with E-state index < -0.39 is 0 Å². The molecule has 0 saturated heterocycles. The molecule has 0 unspecified atom stereocenters. The monoisotopic (exact) mass is 151 g/mol. The highest BCUT2D eigenvalue weighted by Crippen LogP contribution is 2.38. The summed E-state index contributed by atoms with van der Waals surface area (Å²) in [5.74, 6) is 1.81. The predicted molar refractivity (Wildman–Crippen MR) is 42.6 cm³/mol. The van der Waals surface area contributed by atoms with Gasteiger partial charge in [0.1, 0.15) is 5.76 Å². The van der Waals surface area contributed by atoms with Gasteiger partial charge in [0.05, 0.1) is 5.69 Å². The fourth-order valence-electron chi connectivity index (χ4n) is 1.48. The van der Waals surface area contributed by atoms with Gasteiger partial charge in [0, 0.05) is 11.5 Å². The minimum absolute atomic E-state index is 0.677. The van der Waals surface area contributed by atoms with Crippen LogP contribution in [0.5, 0.6) is 0 Å². The van der Waals surface area contributed by atoms with Crippen LogP contribution in [0, 0.1) is 13.8 Å². The normalized spacial score (nSPS) is 18.4. The van der Waals surface area contributed by atoms with Gasteiger partial charge in [0.2, 0.25) is 0 Å². The minimum Gasteiger partial charge on any atom is -0.361 e. The van der Waals surface area contributed by atoms with Crippen LogP contribution in [0.3, 0.4) is 0 Å². The Bertz CT molecular complexity index is 261. The zero-order valence-corrected chi connectivity index (χ0v) is 7.05. The van der Waals surface area contributed by atoms with Gasteiger partial charge >= 0.3 is 0 Å². The molecule has 2 heteroatoms. The van der Waals surface area contributed by atoms with Crippen molar-refractivity contribution in [1.29, 1.82) is 0 Å². The summed E-state index contributed by atoms with van der Waals surface area (Å²) in [6, 6.07) is 0. The molecule has 0 bridgehead atoms. The molecule has 1 aliphatic rings. The molecule has 60 valence electrons. The lowest BCUT2D eigenvalue weighted by atomic mass is 9.82. The quantitative estimate of drug-likeness (QED) is 0.616. The van der Waals surface area contributed by atoms with Gasteiger partial charge < -0.3 is 4.52 Å². The molecular formula is C9H13NO. The first-order valence-electron chi connectivity index (χ1n) is 4.22. The second-order valence-corrected chi connectivity index (χ2v) is 3.39. The van der Waals surface area contributed by atoms with Crippen LogP contribution in [-0.4, -0.2) is 5.16 Å². The van der Waals surface area contributed by atoms with Crippen LogP contribution in [0.15, 0.2) is 4.52 Å². The van der Waals surface area contributed by atoms with Gasteiger partial charge in [-0.2, -0.15) is 0 Å². The summed E-state index contributed by atoms with van der Waals surface area (Å²) >= 11 is 0. The third-order valence-electron chi connectivity index (χ3n) is 2.67. The minimum atomic E-state index is 0.677. The summed E-state index contributed by atoms with van der Waals surface area (Å²) in [6.45, 7) is 4.10. The molecule has 1 saturated carbocycles. The molecule has 1 aromatic heterocycles. The first-order chi connectivity index (χ1) is 5.29. The predicted octanol–water partition coefficient (Wildman–Crippen LogP) is 2.56. The Labute approximate surface area is 66.6 Å². The molecule has 11 heavy (non-hydrogen) atoms. The zero-order chi connectivity index (χ0) is 7.84. The van der Waals surface area contributed by atoms with E-state index in [1.165, 1.54) is 24.8 Å². The highest BCUT2D eigenvalue weighted by Gasteiger charge is 2.25. The average Bonchev–Trinajstić information content (AvgIpc) is 2.15. The Balaban J connectivity index is 2.29. The molecule has 0 aliphatic heterocycles. The molecule has 2 rings (SSSR count). The van der Waals surface area contributed by atoms with Gasteiger partial charge in [-0.1, -0.05) is 11.6 Å². The van der Waals surface area contributed by atoms with Crippen molar-refractivity contribution in [3.05, 3.63) is 17.0 Å². The van der Waals surface area contributed by atoms with Crippen molar-refractivity contribution in [3.8, 4) is 0 Å². The first kappa shape index (κ1) is 6.89. The fraction of sp³-hybridized carbons (Fsp3) is 0.667.